The third-order valence-electron chi connectivity index (χ3n) is 2.57. The molecular formula is C12H9Cl2N5. The fourth-order valence-electron chi connectivity index (χ4n) is 1.74. The second-order valence-electron chi connectivity index (χ2n) is 4.01. The molecule has 0 unspecified atom stereocenters. The highest BCUT2D eigenvalue weighted by atomic mass is 35.5. The summed E-state index contributed by atoms with van der Waals surface area (Å²) in [6, 6.07) is 7.21. The molecule has 96 valence electrons. The quantitative estimate of drug-likeness (QED) is 0.786. The van der Waals surface area contributed by atoms with E-state index in [0.717, 1.165) is 17.2 Å². The van der Waals surface area contributed by atoms with E-state index in [-0.39, 0.29) is 0 Å². The SMILES string of the molecule is Cc1cc(Nc2ccc(Cl)c(Cl)c2)n2ncnc2n1. The summed E-state index contributed by atoms with van der Waals surface area (Å²) in [7, 11) is 0. The zero-order valence-corrected chi connectivity index (χ0v) is 11.4. The molecule has 1 aromatic carbocycles. The van der Waals surface area contributed by atoms with Crippen LogP contribution in [0.25, 0.3) is 5.78 Å². The van der Waals surface area contributed by atoms with Crippen LogP contribution in [0.5, 0.6) is 0 Å². The van der Waals surface area contributed by atoms with Crippen LogP contribution in [-0.2, 0) is 0 Å². The Morgan fingerprint density at radius 1 is 1.16 bits per heavy atom. The number of hydrogen-bond acceptors (Lipinski definition) is 4. The molecule has 5 nitrogen and oxygen atoms in total. The first-order valence-corrected chi connectivity index (χ1v) is 6.28. The van der Waals surface area contributed by atoms with Gasteiger partial charge in [-0.25, -0.2) is 4.98 Å². The van der Waals surface area contributed by atoms with E-state index in [4.69, 9.17) is 23.2 Å². The van der Waals surface area contributed by atoms with Crippen molar-refractivity contribution < 1.29 is 0 Å². The predicted octanol–water partition coefficient (Wildman–Crippen LogP) is 3.48. The van der Waals surface area contributed by atoms with Crippen molar-refractivity contribution in [3.05, 3.63) is 46.3 Å². The molecule has 7 heteroatoms. The van der Waals surface area contributed by atoms with Gasteiger partial charge in [-0.05, 0) is 25.1 Å². The lowest BCUT2D eigenvalue weighted by atomic mass is 10.3. The van der Waals surface area contributed by atoms with Crippen LogP contribution in [0.3, 0.4) is 0 Å². The molecule has 0 saturated carbocycles. The lowest BCUT2D eigenvalue weighted by molar-refractivity contribution is 0.937. The molecular weight excluding hydrogens is 285 g/mol. The highest BCUT2D eigenvalue weighted by molar-refractivity contribution is 6.42. The average Bonchev–Trinajstić information content (AvgIpc) is 2.82. The molecule has 0 radical (unpaired) electrons. The third-order valence-corrected chi connectivity index (χ3v) is 3.31. The highest BCUT2D eigenvalue weighted by Gasteiger charge is 2.06. The summed E-state index contributed by atoms with van der Waals surface area (Å²) in [6.45, 7) is 1.90. The van der Waals surface area contributed by atoms with E-state index in [1.807, 2.05) is 19.1 Å². The van der Waals surface area contributed by atoms with Crippen molar-refractivity contribution in [3.8, 4) is 0 Å². The van der Waals surface area contributed by atoms with Crippen LogP contribution in [0.4, 0.5) is 11.5 Å². The van der Waals surface area contributed by atoms with Crippen LogP contribution in [0.1, 0.15) is 5.69 Å². The van der Waals surface area contributed by atoms with Crippen molar-refractivity contribution in [2.45, 2.75) is 6.92 Å². The molecule has 0 bridgehead atoms. The summed E-state index contributed by atoms with van der Waals surface area (Å²) >= 11 is 11.9. The van der Waals surface area contributed by atoms with E-state index < -0.39 is 0 Å². The fourth-order valence-corrected chi connectivity index (χ4v) is 2.04. The molecule has 0 fully saturated rings. The summed E-state index contributed by atoms with van der Waals surface area (Å²) in [6.07, 6.45) is 1.46. The van der Waals surface area contributed by atoms with Gasteiger partial charge in [0.05, 0.1) is 10.0 Å². The molecule has 3 rings (SSSR count). The van der Waals surface area contributed by atoms with Gasteiger partial charge in [-0.1, -0.05) is 23.2 Å². The molecule has 1 N–H and O–H groups in total. The monoisotopic (exact) mass is 293 g/mol. The summed E-state index contributed by atoms with van der Waals surface area (Å²) in [5.41, 5.74) is 1.67. The lowest BCUT2D eigenvalue weighted by Gasteiger charge is -2.09. The van der Waals surface area contributed by atoms with Gasteiger partial charge in [-0.15, -0.1) is 0 Å². The van der Waals surface area contributed by atoms with Gasteiger partial charge < -0.3 is 5.32 Å². The Morgan fingerprint density at radius 3 is 2.79 bits per heavy atom. The number of aryl methyl sites for hydroxylation is 1. The van der Waals surface area contributed by atoms with E-state index >= 15 is 0 Å². The Bertz CT molecular complexity index is 753. The first-order chi connectivity index (χ1) is 9.13. The molecule has 0 atom stereocenters. The minimum Gasteiger partial charge on any atom is -0.340 e. The second-order valence-corrected chi connectivity index (χ2v) is 4.82. The minimum absolute atomic E-state index is 0.493. The van der Waals surface area contributed by atoms with Crippen LogP contribution in [0, 0.1) is 6.92 Å². The van der Waals surface area contributed by atoms with Crippen LogP contribution in [0.15, 0.2) is 30.6 Å². The molecule has 0 spiro atoms. The van der Waals surface area contributed by atoms with Crippen molar-refractivity contribution in [2.24, 2.45) is 0 Å². The Kier molecular flexibility index (Phi) is 3.00. The Labute approximate surface area is 119 Å². The highest BCUT2D eigenvalue weighted by Crippen LogP contribution is 2.27. The number of fused-ring (bicyclic) bond motifs is 1. The number of hydrogen-bond donors (Lipinski definition) is 1. The molecule has 0 aliphatic heterocycles. The number of nitrogens with zero attached hydrogens (tertiary/aromatic N) is 4. The molecule has 0 amide bonds. The van der Waals surface area contributed by atoms with E-state index in [1.54, 1.807) is 16.6 Å². The number of halogens is 2. The zero-order valence-electron chi connectivity index (χ0n) is 9.93. The number of anilines is 2. The first kappa shape index (κ1) is 12.2. The van der Waals surface area contributed by atoms with Crippen LogP contribution in [-0.4, -0.2) is 19.6 Å². The third kappa shape index (κ3) is 2.34. The Morgan fingerprint density at radius 2 is 2.00 bits per heavy atom. The molecule has 19 heavy (non-hydrogen) atoms. The average molecular weight is 294 g/mol. The lowest BCUT2D eigenvalue weighted by Crippen LogP contribution is -2.02. The maximum absolute atomic E-state index is 5.99. The number of aromatic nitrogens is 4. The summed E-state index contributed by atoms with van der Waals surface area (Å²) in [5.74, 6) is 1.31. The largest absolute Gasteiger partial charge is 0.340 e. The van der Waals surface area contributed by atoms with Gasteiger partial charge >= 0.3 is 0 Å². The van der Waals surface area contributed by atoms with Crippen molar-refractivity contribution in [2.75, 3.05) is 5.32 Å². The molecule has 3 aromatic rings. The van der Waals surface area contributed by atoms with Crippen LogP contribution >= 0.6 is 23.2 Å². The summed E-state index contributed by atoms with van der Waals surface area (Å²) < 4.78 is 1.62. The summed E-state index contributed by atoms with van der Waals surface area (Å²) in [5, 5.41) is 8.35. The normalized spacial score (nSPS) is 10.9. The first-order valence-electron chi connectivity index (χ1n) is 5.53. The van der Waals surface area contributed by atoms with Gasteiger partial charge in [-0.2, -0.15) is 14.6 Å². The van der Waals surface area contributed by atoms with Crippen molar-refractivity contribution in [3.63, 3.8) is 0 Å². The van der Waals surface area contributed by atoms with Crippen molar-refractivity contribution >= 4 is 40.5 Å². The topological polar surface area (TPSA) is 55.1 Å². The van der Waals surface area contributed by atoms with Crippen molar-refractivity contribution in [1.82, 2.24) is 19.6 Å². The van der Waals surface area contributed by atoms with Gasteiger partial charge in [0.2, 0.25) is 0 Å². The van der Waals surface area contributed by atoms with Crippen molar-refractivity contribution in [1.29, 1.82) is 0 Å². The molecule has 0 aliphatic carbocycles. The van der Waals surface area contributed by atoms with Gasteiger partial charge in [0, 0.05) is 17.4 Å². The second kappa shape index (κ2) is 4.68. The zero-order chi connectivity index (χ0) is 13.4. The van der Waals surface area contributed by atoms with Gasteiger partial charge in [0.25, 0.3) is 5.78 Å². The van der Waals surface area contributed by atoms with E-state index in [2.05, 4.69) is 20.4 Å². The minimum atomic E-state index is 0.493. The van der Waals surface area contributed by atoms with Crippen LogP contribution in [0.2, 0.25) is 10.0 Å². The van der Waals surface area contributed by atoms with Crippen LogP contribution < -0.4 is 5.32 Å². The standard InChI is InChI=1S/C12H9Cl2N5/c1-7-4-11(19-12(17-7)15-6-16-19)18-8-2-3-9(13)10(14)5-8/h2-6,18H,1H3. The number of nitrogens with one attached hydrogen (secondary N) is 1. The number of rotatable bonds is 2. The Hall–Kier alpha value is -1.85. The smallest absolute Gasteiger partial charge is 0.254 e. The van der Waals surface area contributed by atoms with Gasteiger partial charge in [-0.3, -0.25) is 0 Å². The van der Waals surface area contributed by atoms with Gasteiger partial charge in [0.1, 0.15) is 12.1 Å². The van der Waals surface area contributed by atoms with E-state index in [9.17, 15) is 0 Å². The predicted molar refractivity (Wildman–Crippen MR) is 75.3 cm³/mol. The summed E-state index contributed by atoms with van der Waals surface area (Å²) in [4.78, 5) is 8.34. The van der Waals surface area contributed by atoms with E-state index in [0.29, 0.717) is 15.8 Å². The van der Waals surface area contributed by atoms with E-state index in [1.165, 1.54) is 6.33 Å². The molecule has 0 saturated heterocycles. The fraction of sp³-hybridized carbons (Fsp3) is 0.0833. The maximum atomic E-state index is 5.99. The number of benzene rings is 1. The van der Waals surface area contributed by atoms with Gasteiger partial charge in [0.15, 0.2) is 0 Å². The molecule has 2 aromatic heterocycles. The molecule has 0 aliphatic rings. The Balaban J connectivity index is 2.04. The molecule has 2 heterocycles. The maximum Gasteiger partial charge on any atom is 0.254 e.